The monoisotopic (exact) mass is 314 g/mol. The summed E-state index contributed by atoms with van der Waals surface area (Å²) in [6.07, 6.45) is 7.12. The van der Waals surface area contributed by atoms with E-state index in [1.54, 1.807) is 12.1 Å². The molecule has 1 saturated carbocycles. The first kappa shape index (κ1) is 15.6. The smallest absolute Gasteiger partial charge is 0.275 e. The molecule has 0 aromatic heterocycles. The molecule has 1 fully saturated rings. The number of halogens is 1. The molecule has 1 aromatic carbocycles. The third-order valence-corrected chi connectivity index (χ3v) is 5.76. The van der Waals surface area contributed by atoms with Crippen LogP contribution in [0.4, 0.5) is 5.69 Å². The number of hydrogen-bond donors (Lipinski definition) is 1. The largest absolute Gasteiger partial charge is 0.311 e. The summed E-state index contributed by atoms with van der Waals surface area (Å²) in [6.45, 7) is 1.31. The van der Waals surface area contributed by atoms with E-state index < -0.39 is 0 Å². The number of hydrogen-bond acceptors (Lipinski definition) is 4. The Balaban J connectivity index is 2.02. The molecule has 0 heterocycles. The fourth-order valence-electron chi connectivity index (χ4n) is 2.78. The Morgan fingerprint density at radius 1 is 1.45 bits per heavy atom. The summed E-state index contributed by atoms with van der Waals surface area (Å²) >= 11 is 7.99. The van der Waals surface area contributed by atoms with E-state index in [4.69, 9.17) is 11.6 Å². The second-order valence-electron chi connectivity index (χ2n) is 5.19. The summed E-state index contributed by atoms with van der Waals surface area (Å²) in [5.41, 5.74) is 0.669. The molecule has 0 atom stereocenters. The maximum Gasteiger partial charge on any atom is 0.275 e. The molecule has 1 aliphatic carbocycles. The third kappa shape index (κ3) is 3.45. The minimum absolute atomic E-state index is 0.0922. The van der Waals surface area contributed by atoms with Crippen LogP contribution in [-0.2, 0) is 6.54 Å². The molecule has 6 heteroatoms. The summed E-state index contributed by atoms with van der Waals surface area (Å²) in [4.78, 5) is 10.7. The van der Waals surface area contributed by atoms with Crippen molar-refractivity contribution in [3.63, 3.8) is 0 Å². The van der Waals surface area contributed by atoms with Gasteiger partial charge in [0.1, 0.15) is 0 Å². The number of nitrogens with one attached hydrogen (secondary N) is 1. The van der Waals surface area contributed by atoms with Crippen LogP contribution in [0.3, 0.4) is 0 Å². The minimum atomic E-state index is -0.372. The highest BCUT2D eigenvalue weighted by Crippen LogP contribution is 2.39. The second-order valence-corrected chi connectivity index (χ2v) is 6.87. The Kier molecular flexibility index (Phi) is 5.29. The van der Waals surface area contributed by atoms with Gasteiger partial charge >= 0.3 is 0 Å². The Morgan fingerprint density at radius 2 is 2.15 bits per heavy atom. The van der Waals surface area contributed by atoms with Gasteiger partial charge in [0, 0.05) is 23.9 Å². The van der Waals surface area contributed by atoms with Crippen molar-refractivity contribution in [2.24, 2.45) is 0 Å². The zero-order valence-corrected chi connectivity index (χ0v) is 13.1. The second kappa shape index (κ2) is 6.78. The Labute approximate surface area is 128 Å². The van der Waals surface area contributed by atoms with E-state index in [9.17, 15) is 10.1 Å². The molecule has 0 bridgehead atoms. The highest BCUT2D eigenvalue weighted by atomic mass is 35.5. The van der Waals surface area contributed by atoms with Gasteiger partial charge < -0.3 is 5.32 Å². The predicted octanol–water partition coefficient (Wildman–Crippen LogP) is 4.01. The quantitative estimate of drug-likeness (QED) is 0.636. The van der Waals surface area contributed by atoms with Gasteiger partial charge in [0.15, 0.2) is 0 Å². The van der Waals surface area contributed by atoms with E-state index in [2.05, 4.69) is 11.6 Å². The minimum Gasteiger partial charge on any atom is -0.311 e. The summed E-state index contributed by atoms with van der Waals surface area (Å²) in [5, 5.41) is 14.8. The summed E-state index contributed by atoms with van der Waals surface area (Å²) in [7, 11) is 0. The van der Waals surface area contributed by atoms with Gasteiger partial charge in [0.2, 0.25) is 0 Å². The Morgan fingerprint density at radius 3 is 2.75 bits per heavy atom. The molecule has 1 N–H and O–H groups in total. The number of nitro groups is 1. The zero-order valence-electron chi connectivity index (χ0n) is 11.5. The van der Waals surface area contributed by atoms with Gasteiger partial charge in [-0.2, -0.15) is 11.8 Å². The summed E-state index contributed by atoms with van der Waals surface area (Å²) in [5.74, 6) is 0. The lowest BCUT2D eigenvalue weighted by molar-refractivity contribution is -0.385. The standard InChI is InChI=1S/C14H19ClN2O2S/c1-20-14(7-2-3-8-14)10-16-9-11-12(15)5-4-6-13(11)17(18)19/h4-6,16H,2-3,7-10H2,1H3. The van der Waals surface area contributed by atoms with Crippen molar-refractivity contribution in [2.45, 2.75) is 37.0 Å². The lowest BCUT2D eigenvalue weighted by atomic mass is 10.1. The maximum absolute atomic E-state index is 11.0. The van der Waals surface area contributed by atoms with Crippen molar-refractivity contribution in [3.05, 3.63) is 38.9 Å². The molecule has 4 nitrogen and oxygen atoms in total. The van der Waals surface area contributed by atoms with E-state index in [1.807, 2.05) is 11.8 Å². The van der Waals surface area contributed by atoms with E-state index >= 15 is 0 Å². The molecule has 1 aliphatic rings. The van der Waals surface area contributed by atoms with Gasteiger partial charge in [0.05, 0.1) is 15.5 Å². The van der Waals surface area contributed by atoms with Gasteiger partial charge in [-0.25, -0.2) is 0 Å². The molecule has 20 heavy (non-hydrogen) atoms. The fourth-order valence-corrected chi connectivity index (χ4v) is 3.96. The number of nitrogens with zero attached hydrogens (tertiary/aromatic N) is 1. The van der Waals surface area contributed by atoms with Crippen LogP contribution < -0.4 is 5.32 Å². The van der Waals surface area contributed by atoms with Crippen LogP contribution in [0.1, 0.15) is 31.2 Å². The van der Waals surface area contributed by atoms with Gasteiger partial charge in [-0.15, -0.1) is 0 Å². The van der Waals surface area contributed by atoms with Gasteiger partial charge in [-0.1, -0.05) is 30.5 Å². The molecule has 0 saturated heterocycles. The Hall–Kier alpha value is -0.780. The molecule has 110 valence electrons. The van der Waals surface area contributed by atoms with Crippen LogP contribution in [0.15, 0.2) is 18.2 Å². The van der Waals surface area contributed by atoms with Crippen LogP contribution in [-0.4, -0.2) is 22.5 Å². The van der Waals surface area contributed by atoms with Crippen molar-refractivity contribution in [2.75, 3.05) is 12.8 Å². The van der Waals surface area contributed by atoms with Gasteiger partial charge in [-0.05, 0) is 25.2 Å². The lowest BCUT2D eigenvalue weighted by Crippen LogP contribution is -2.34. The van der Waals surface area contributed by atoms with E-state index in [1.165, 1.54) is 31.7 Å². The summed E-state index contributed by atoms with van der Waals surface area (Å²) < 4.78 is 0.288. The average molecular weight is 315 g/mol. The fraction of sp³-hybridized carbons (Fsp3) is 0.571. The van der Waals surface area contributed by atoms with E-state index in [0.717, 1.165) is 6.54 Å². The maximum atomic E-state index is 11.0. The van der Waals surface area contributed by atoms with Crippen LogP contribution in [0, 0.1) is 10.1 Å². The van der Waals surface area contributed by atoms with Crippen LogP contribution in [0.25, 0.3) is 0 Å². The predicted molar refractivity (Wildman–Crippen MR) is 84.5 cm³/mol. The van der Waals surface area contributed by atoms with Crippen molar-refractivity contribution in [1.82, 2.24) is 5.32 Å². The number of benzene rings is 1. The van der Waals surface area contributed by atoms with Crippen LogP contribution >= 0.6 is 23.4 Å². The summed E-state index contributed by atoms with van der Waals surface area (Å²) in [6, 6.07) is 4.82. The SMILES string of the molecule is CSC1(CNCc2c(Cl)cccc2[N+](=O)[O-])CCCC1. The normalized spacial score (nSPS) is 17.3. The van der Waals surface area contributed by atoms with Gasteiger partial charge in [0.25, 0.3) is 5.69 Å². The lowest BCUT2D eigenvalue weighted by Gasteiger charge is -2.27. The molecular weight excluding hydrogens is 296 g/mol. The third-order valence-electron chi connectivity index (χ3n) is 3.99. The highest BCUT2D eigenvalue weighted by Gasteiger charge is 2.32. The highest BCUT2D eigenvalue weighted by molar-refractivity contribution is 8.00. The van der Waals surface area contributed by atoms with Crippen LogP contribution in [0.2, 0.25) is 5.02 Å². The molecular formula is C14H19ClN2O2S. The zero-order chi connectivity index (χ0) is 14.6. The first-order valence-electron chi connectivity index (χ1n) is 6.76. The molecule has 0 spiro atoms. The number of nitro benzene ring substituents is 1. The first-order valence-corrected chi connectivity index (χ1v) is 8.36. The number of thioether (sulfide) groups is 1. The van der Waals surface area contributed by atoms with E-state index in [0.29, 0.717) is 17.1 Å². The van der Waals surface area contributed by atoms with E-state index in [-0.39, 0.29) is 15.4 Å². The van der Waals surface area contributed by atoms with Crippen molar-refractivity contribution >= 4 is 29.1 Å². The molecule has 1 aromatic rings. The first-order chi connectivity index (χ1) is 9.58. The average Bonchev–Trinajstić information content (AvgIpc) is 2.89. The van der Waals surface area contributed by atoms with Crippen LogP contribution in [0.5, 0.6) is 0 Å². The molecule has 0 aliphatic heterocycles. The molecule has 0 unspecified atom stereocenters. The van der Waals surface area contributed by atoms with Crippen molar-refractivity contribution in [3.8, 4) is 0 Å². The molecule has 0 radical (unpaired) electrons. The number of rotatable bonds is 6. The van der Waals surface area contributed by atoms with Crippen molar-refractivity contribution in [1.29, 1.82) is 0 Å². The molecule has 2 rings (SSSR count). The topological polar surface area (TPSA) is 55.2 Å². The Bertz CT molecular complexity index is 490. The molecule has 0 amide bonds. The van der Waals surface area contributed by atoms with Gasteiger partial charge in [-0.3, -0.25) is 10.1 Å². The van der Waals surface area contributed by atoms with Crippen molar-refractivity contribution < 1.29 is 4.92 Å².